The fourth-order valence-electron chi connectivity index (χ4n) is 2.02. The van der Waals surface area contributed by atoms with Gasteiger partial charge in [0.05, 0.1) is 18.0 Å². The third-order valence-corrected chi connectivity index (χ3v) is 4.43. The summed E-state index contributed by atoms with van der Waals surface area (Å²) in [6, 6.07) is 9.89. The zero-order valence-electron chi connectivity index (χ0n) is 11.8. The van der Waals surface area contributed by atoms with E-state index in [0.717, 1.165) is 22.0 Å². The van der Waals surface area contributed by atoms with E-state index in [1.807, 2.05) is 41.9 Å². The van der Waals surface area contributed by atoms with Crippen LogP contribution in [0.3, 0.4) is 0 Å². The number of aromatic nitrogens is 2. The van der Waals surface area contributed by atoms with Crippen molar-refractivity contribution in [1.29, 1.82) is 0 Å². The summed E-state index contributed by atoms with van der Waals surface area (Å²) in [5, 5.41) is 24.4. The largest absolute Gasteiger partial charge is 0.396 e. The highest BCUT2D eigenvalue weighted by Crippen LogP contribution is 2.32. The molecule has 5 heteroatoms. The summed E-state index contributed by atoms with van der Waals surface area (Å²) >= 11 is 1.64. The van der Waals surface area contributed by atoms with Crippen LogP contribution < -0.4 is 0 Å². The van der Waals surface area contributed by atoms with E-state index >= 15 is 0 Å². The molecule has 1 heterocycles. The van der Waals surface area contributed by atoms with Gasteiger partial charge in [0, 0.05) is 17.4 Å². The smallest absolute Gasteiger partial charge is 0.106 e. The average Bonchev–Trinajstić information content (AvgIpc) is 2.76. The minimum absolute atomic E-state index is 0.0210. The van der Waals surface area contributed by atoms with Gasteiger partial charge in [-0.1, -0.05) is 25.1 Å². The van der Waals surface area contributed by atoms with E-state index in [0.29, 0.717) is 6.42 Å². The van der Waals surface area contributed by atoms with Crippen LogP contribution in [-0.4, -0.2) is 31.9 Å². The molecule has 1 unspecified atom stereocenters. The Morgan fingerprint density at radius 2 is 1.95 bits per heavy atom. The second kappa shape index (κ2) is 6.92. The van der Waals surface area contributed by atoms with Crippen LogP contribution >= 0.6 is 11.8 Å². The van der Waals surface area contributed by atoms with Gasteiger partial charge in [-0.3, -0.25) is 0 Å². The Hall–Kier alpha value is -1.30. The van der Waals surface area contributed by atoms with E-state index in [4.69, 9.17) is 5.11 Å². The Kier molecular flexibility index (Phi) is 5.23. The summed E-state index contributed by atoms with van der Waals surface area (Å²) in [5.74, 6) is 0. The Morgan fingerprint density at radius 3 is 2.55 bits per heavy atom. The molecule has 0 aliphatic rings. The number of para-hydroxylation sites is 1. The van der Waals surface area contributed by atoms with Crippen molar-refractivity contribution in [3.8, 4) is 5.69 Å². The van der Waals surface area contributed by atoms with Crippen LogP contribution in [0.15, 0.2) is 35.4 Å². The number of rotatable bonds is 6. The molecule has 20 heavy (non-hydrogen) atoms. The Labute approximate surface area is 123 Å². The average molecular weight is 292 g/mol. The Morgan fingerprint density at radius 1 is 1.25 bits per heavy atom. The summed E-state index contributed by atoms with van der Waals surface area (Å²) in [6.45, 7) is 4.12. The second-order valence-electron chi connectivity index (χ2n) is 4.72. The molecule has 0 amide bonds. The molecule has 0 bridgehead atoms. The molecule has 0 saturated carbocycles. The predicted octanol–water partition coefficient (Wildman–Crippen LogP) is 2.54. The zero-order chi connectivity index (χ0) is 14.5. The number of nitrogens with zero attached hydrogens (tertiary/aromatic N) is 2. The molecular formula is C15H20N2O2S. The first-order chi connectivity index (χ1) is 9.67. The standard InChI is InChI=1S/C15H20N2O2S/c1-11(8-9-18)20-15-14(10-19)12(2)16-17(15)13-6-4-3-5-7-13/h3-7,11,18-19H,8-10H2,1-2H3. The highest BCUT2D eigenvalue weighted by atomic mass is 32.2. The maximum Gasteiger partial charge on any atom is 0.106 e. The number of thioether (sulfide) groups is 1. The van der Waals surface area contributed by atoms with Crippen LogP contribution in [0.1, 0.15) is 24.6 Å². The van der Waals surface area contributed by atoms with Crippen LogP contribution in [0.25, 0.3) is 5.69 Å². The van der Waals surface area contributed by atoms with Gasteiger partial charge in [-0.2, -0.15) is 5.10 Å². The van der Waals surface area contributed by atoms with Gasteiger partial charge in [0.25, 0.3) is 0 Å². The monoisotopic (exact) mass is 292 g/mol. The minimum atomic E-state index is -0.0210. The van der Waals surface area contributed by atoms with Crippen LogP contribution in [0.4, 0.5) is 0 Å². The highest BCUT2D eigenvalue weighted by molar-refractivity contribution is 7.99. The fourth-order valence-corrected chi connectivity index (χ4v) is 3.22. The van der Waals surface area contributed by atoms with E-state index < -0.39 is 0 Å². The molecule has 0 radical (unpaired) electrons. The topological polar surface area (TPSA) is 58.3 Å². The molecule has 1 aromatic carbocycles. The van der Waals surface area contributed by atoms with Gasteiger partial charge < -0.3 is 10.2 Å². The van der Waals surface area contributed by atoms with Gasteiger partial charge in [0.15, 0.2) is 0 Å². The lowest BCUT2D eigenvalue weighted by atomic mass is 10.3. The molecule has 2 aromatic rings. The van der Waals surface area contributed by atoms with Crippen LogP contribution in [0.5, 0.6) is 0 Å². The molecule has 0 aliphatic heterocycles. The molecule has 2 N–H and O–H groups in total. The molecular weight excluding hydrogens is 272 g/mol. The number of aliphatic hydroxyl groups is 2. The van der Waals surface area contributed by atoms with Crippen LogP contribution in [-0.2, 0) is 6.61 Å². The first kappa shape index (κ1) is 15.1. The lowest BCUT2D eigenvalue weighted by molar-refractivity contribution is 0.277. The quantitative estimate of drug-likeness (QED) is 0.803. The van der Waals surface area contributed by atoms with E-state index in [9.17, 15) is 5.11 Å². The number of hydrogen-bond donors (Lipinski definition) is 2. The summed E-state index contributed by atoms with van der Waals surface area (Å²) in [7, 11) is 0. The maximum atomic E-state index is 9.59. The number of aryl methyl sites for hydroxylation is 1. The number of benzene rings is 1. The summed E-state index contributed by atoms with van der Waals surface area (Å²) < 4.78 is 1.87. The van der Waals surface area contributed by atoms with Crippen molar-refractivity contribution in [3.63, 3.8) is 0 Å². The van der Waals surface area contributed by atoms with Crippen molar-refractivity contribution in [1.82, 2.24) is 9.78 Å². The fraction of sp³-hybridized carbons (Fsp3) is 0.400. The third-order valence-electron chi connectivity index (χ3n) is 3.14. The first-order valence-corrected chi connectivity index (χ1v) is 7.57. The molecule has 0 saturated heterocycles. The predicted molar refractivity (Wildman–Crippen MR) is 81.2 cm³/mol. The molecule has 2 rings (SSSR count). The van der Waals surface area contributed by atoms with Crippen molar-refractivity contribution in [2.45, 2.75) is 37.2 Å². The first-order valence-electron chi connectivity index (χ1n) is 6.69. The van der Waals surface area contributed by atoms with Crippen molar-refractivity contribution < 1.29 is 10.2 Å². The van der Waals surface area contributed by atoms with Crippen molar-refractivity contribution >= 4 is 11.8 Å². The molecule has 108 valence electrons. The van der Waals surface area contributed by atoms with Gasteiger partial charge in [0.1, 0.15) is 5.03 Å². The van der Waals surface area contributed by atoms with Gasteiger partial charge in [-0.15, -0.1) is 11.8 Å². The van der Waals surface area contributed by atoms with E-state index in [1.165, 1.54) is 0 Å². The lowest BCUT2D eigenvalue weighted by Crippen LogP contribution is -2.04. The minimum Gasteiger partial charge on any atom is -0.396 e. The molecule has 0 aliphatic carbocycles. The van der Waals surface area contributed by atoms with Crippen molar-refractivity contribution in [2.24, 2.45) is 0 Å². The Bertz CT molecular complexity index is 555. The number of hydrogen-bond acceptors (Lipinski definition) is 4. The lowest BCUT2D eigenvalue weighted by Gasteiger charge is -2.13. The van der Waals surface area contributed by atoms with E-state index in [1.54, 1.807) is 11.8 Å². The molecule has 0 fully saturated rings. The van der Waals surface area contributed by atoms with E-state index in [-0.39, 0.29) is 18.5 Å². The normalized spacial score (nSPS) is 12.6. The van der Waals surface area contributed by atoms with Crippen LogP contribution in [0, 0.1) is 6.92 Å². The molecule has 1 atom stereocenters. The van der Waals surface area contributed by atoms with Crippen molar-refractivity contribution in [2.75, 3.05) is 6.61 Å². The van der Waals surface area contributed by atoms with Crippen molar-refractivity contribution in [3.05, 3.63) is 41.6 Å². The summed E-state index contributed by atoms with van der Waals surface area (Å²) in [6.07, 6.45) is 0.717. The maximum absolute atomic E-state index is 9.59. The third kappa shape index (κ3) is 3.23. The zero-order valence-corrected chi connectivity index (χ0v) is 12.6. The van der Waals surface area contributed by atoms with E-state index in [2.05, 4.69) is 12.0 Å². The van der Waals surface area contributed by atoms with Crippen LogP contribution in [0.2, 0.25) is 0 Å². The van der Waals surface area contributed by atoms with Gasteiger partial charge in [-0.25, -0.2) is 4.68 Å². The summed E-state index contributed by atoms with van der Waals surface area (Å²) in [4.78, 5) is 0. The highest BCUT2D eigenvalue weighted by Gasteiger charge is 2.18. The molecule has 0 spiro atoms. The molecule has 4 nitrogen and oxygen atoms in total. The van der Waals surface area contributed by atoms with Gasteiger partial charge in [0.2, 0.25) is 0 Å². The number of aliphatic hydroxyl groups excluding tert-OH is 2. The Balaban J connectivity index is 2.41. The SMILES string of the molecule is Cc1nn(-c2ccccc2)c(SC(C)CCO)c1CO. The van der Waals surface area contributed by atoms with Gasteiger partial charge >= 0.3 is 0 Å². The van der Waals surface area contributed by atoms with Gasteiger partial charge in [-0.05, 0) is 25.5 Å². The molecule has 1 aromatic heterocycles. The second-order valence-corrected chi connectivity index (χ2v) is 6.14. The summed E-state index contributed by atoms with van der Waals surface area (Å²) in [5.41, 5.74) is 2.69.